The number of H-pyrrole nitrogens is 1. The predicted molar refractivity (Wildman–Crippen MR) is 58.4 cm³/mol. The normalized spacial score (nSPS) is 19.1. The molecule has 3 rings (SSSR count). The molecular formula is C12H11N3. The molecule has 1 aliphatic rings. The fourth-order valence-electron chi connectivity index (χ4n) is 2.38. The zero-order valence-corrected chi connectivity index (χ0v) is 8.25. The maximum absolute atomic E-state index is 8.85. The van der Waals surface area contributed by atoms with Crippen LogP contribution in [0.5, 0.6) is 0 Å². The average molecular weight is 197 g/mol. The molecule has 2 aromatic rings. The number of nitrogens with zero attached hydrogens (tertiary/aromatic N) is 1. The number of hydrogen-bond acceptors (Lipinski definition) is 2. The molecule has 0 amide bonds. The third-order valence-electron chi connectivity index (χ3n) is 3.06. The van der Waals surface area contributed by atoms with E-state index in [0.717, 1.165) is 23.7 Å². The minimum absolute atomic E-state index is 0.237. The van der Waals surface area contributed by atoms with Gasteiger partial charge in [-0.15, -0.1) is 0 Å². The lowest BCUT2D eigenvalue weighted by molar-refractivity contribution is 0.716. The maximum Gasteiger partial charge on any atom is 0.0991 e. The summed E-state index contributed by atoms with van der Waals surface area (Å²) in [6, 6.07) is 8.16. The van der Waals surface area contributed by atoms with E-state index in [-0.39, 0.29) is 6.04 Å². The second-order valence-electron chi connectivity index (χ2n) is 4.12. The van der Waals surface area contributed by atoms with Crippen LogP contribution in [0.1, 0.15) is 16.8 Å². The van der Waals surface area contributed by atoms with E-state index in [0.29, 0.717) is 5.56 Å². The lowest BCUT2D eigenvalue weighted by atomic mass is 10.1. The fourth-order valence-corrected chi connectivity index (χ4v) is 2.38. The molecule has 0 radical (unpaired) electrons. The Labute approximate surface area is 87.5 Å². The summed E-state index contributed by atoms with van der Waals surface area (Å²) in [5.74, 6) is 0. The SMILES string of the molecule is N#Cc1ccc2[nH]c3c(c2c1)C[C@@H](N)C3. The first-order valence-corrected chi connectivity index (χ1v) is 5.07. The molecular weight excluding hydrogens is 186 g/mol. The smallest absolute Gasteiger partial charge is 0.0991 e. The van der Waals surface area contributed by atoms with Gasteiger partial charge >= 0.3 is 0 Å². The van der Waals surface area contributed by atoms with Crippen molar-refractivity contribution in [2.45, 2.75) is 18.9 Å². The number of hydrogen-bond donors (Lipinski definition) is 2. The van der Waals surface area contributed by atoms with Crippen LogP contribution in [-0.2, 0) is 12.8 Å². The number of nitrogens with two attached hydrogens (primary N) is 1. The second-order valence-corrected chi connectivity index (χ2v) is 4.12. The van der Waals surface area contributed by atoms with Crippen molar-refractivity contribution in [3.63, 3.8) is 0 Å². The molecule has 1 aliphatic carbocycles. The van der Waals surface area contributed by atoms with Crippen molar-refractivity contribution in [2.24, 2.45) is 5.73 Å². The van der Waals surface area contributed by atoms with Crippen LogP contribution < -0.4 is 5.73 Å². The quantitative estimate of drug-likeness (QED) is 0.671. The highest BCUT2D eigenvalue weighted by Gasteiger charge is 2.22. The zero-order valence-electron chi connectivity index (χ0n) is 8.25. The highest BCUT2D eigenvalue weighted by Crippen LogP contribution is 2.29. The van der Waals surface area contributed by atoms with Crippen LogP contribution in [0.15, 0.2) is 18.2 Å². The summed E-state index contributed by atoms with van der Waals surface area (Å²) in [7, 11) is 0. The van der Waals surface area contributed by atoms with Gasteiger partial charge in [0, 0.05) is 29.1 Å². The number of benzene rings is 1. The molecule has 0 spiro atoms. The molecule has 1 aromatic carbocycles. The summed E-state index contributed by atoms with van der Waals surface area (Å²) in [6.45, 7) is 0. The molecule has 3 N–H and O–H groups in total. The number of aromatic amines is 1. The van der Waals surface area contributed by atoms with Gasteiger partial charge in [0.05, 0.1) is 11.6 Å². The molecule has 15 heavy (non-hydrogen) atoms. The van der Waals surface area contributed by atoms with Gasteiger partial charge in [0.2, 0.25) is 0 Å². The highest BCUT2D eigenvalue weighted by molar-refractivity contribution is 5.86. The van der Waals surface area contributed by atoms with Crippen LogP contribution in [0.25, 0.3) is 10.9 Å². The first kappa shape index (κ1) is 8.51. The zero-order chi connectivity index (χ0) is 10.4. The van der Waals surface area contributed by atoms with Gasteiger partial charge in [-0.05, 0) is 30.2 Å². The van der Waals surface area contributed by atoms with Crippen molar-refractivity contribution in [3.8, 4) is 6.07 Å². The Hall–Kier alpha value is -1.79. The molecule has 0 saturated carbocycles. The van der Waals surface area contributed by atoms with Crippen LogP contribution in [0.2, 0.25) is 0 Å². The van der Waals surface area contributed by atoms with Gasteiger partial charge in [0.15, 0.2) is 0 Å². The van der Waals surface area contributed by atoms with Crippen molar-refractivity contribution in [3.05, 3.63) is 35.0 Å². The third kappa shape index (κ3) is 1.15. The topological polar surface area (TPSA) is 65.6 Å². The van der Waals surface area contributed by atoms with Crippen molar-refractivity contribution in [1.82, 2.24) is 4.98 Å². The molecule has 3 heteroatoms. The van der Waals surface area contributed by atoms with Gasteiger partial charge in [0.1, 0.15) is 0 Å². The largest absolute Gasteiger partial charge is 0.358 e. The average Bonchev–Trinajstić information content (AvgIpc) is 2.73. The first-order valence-electron chi connectivity index (χ1n) is 5.07. The van der Waals surface area contributed by atoms with E-state index in [1.54, 1.807) is 0 Å². The summed E-state index contributed by atoms with van der Waals surface area (Å²) in [5, 5.41) is 10.0. The summed E-state index contributed by atoms with van der Waals surface area (Å²) < 4.78 is 0. The monoisotopic (exact) mass is 197 g/mol. The number of nitriles is 1. The summed E-state index contributed by atoms with van der Waals surface area (Å²) in [6.07, 6.45) is 1.84. The Morgan fingerprint density at radius 2 is 2.27 bits per heavy atom. The van der Waals surface area contributed by atoms with Gasteiger partial charge in [-0.2, -0.15) is 5.26 Å². The summed E-state index contributed by atoms with van der Waals surface area (Å²) in [4.78, 5) is 3.37. The van der Waals surface area contributed by atoms with Crippen LogP contribution in [0.4, 0.5) is 0 Å². The molecule has 3 nitrogen and oxygen atoms in total. The molecule has 0 unspecified atom stereocenters. The number of fused-ring (bicyclic) bond motifs is 3. The minimum atomic E-state index is 0.237. The Balaban J connectivity index is 2.28. The Morgan fingerprint density at radius 3 is 3.07 bits per heavy atom. The maximum atomic E-state index is 8.85. The Bertz CT molecular complexity index is 574. The first-order chi connectivity index (χ1) is 7.28. The van der Waals surface area contributed by atoms with E-state index >= 15 is 0 Å². The standard InChI is InChI=1S/C12H11N3/c13-6-7-1-2-11-9(3-7)10-4-8(14)5-12(10)15-11/h1-3,8,15H,4-5,14H2/t8-/m1/s1. The molecule has 0 fully saturated rings. The molecule has 0 bridgehead atoms. The number of aromatic nitrogens is 1. The highest BCUT2D eigenvalue weighted by atomic mass is 14.8. The van der Waals surface area contributed by atoms with Gasteiger partial charge in [-0.1, -0.05) is 0 Å². The van der Waals surface area contributed by atoms with Crippen LogP contribution in [0.3, 0.4) is 0 Å². The lowest BCUT2D eigenvalue weighted by Crippen LogP contribution is -2.19. The van der Waals surface area contributed by atoms with Crippen molar-refractivity contribution >= 4 is 10.9 Å². The summed E-state index contributed by atoms with van der Waals surface area (Å²) in [5.41, 5.74) is 10.3. The van der Waals surface area contributed by atoms with Crippen LogP contribution in [0, 0.1) is 11.3 Å². The van der Waals surface area contributed by atoms with E-state index in [2.05, 4.69) is 11.1 Å². The van der Waals surface area contributed by atoms with Crippen LogP contribution >= 0.6 is 0 Å². The summed E-state index contributed by atoms with van der Waals surface area (Å²) >= 11 is 0. The number of rotatable bonds is 0. The van der Waals surface area contributed by atoms with Gasteiger partial charge < -0.3 is 10.7 Å². The molecule has 74 valence electrons. The molecule has 0 saturated heterocycles. The minimum Gasteiger partial charge on any atom is -0.358 e. The third-order valence-corrected chi connectivity index (χ3v) is 3.06. The number of nitrogens with one attached hydrogen (secondary N) is 1. The van der Waals surface area contributed by atoms with E-state index in [4.69, 9.17) is 11.0 Å². The van der Waals surface area contributed by atoms with Crippen molar-refractivity contribution in [2.75, 3.05) is 0 Å². The van der Waals surface area contributed by atoms with Crippen molar-refractivity contribution < 1.29 is 0 Å². The lowest BCUT2D eigenvalue weighted by Gasteiger charge is -1.99. The predicted octanol–water partition coefficient (Wildman–Crippen LogP) is 1.47. The van der Waals surface area contributed by atoms with E-state index in [9.17, 15) is 0 Å². The van der Waals surface area contributed by atoms with Gasteiger partial charge in [-0.3, -0.25) is 0 Å². The molecule has 1 atom stereocenters. The van der Waals surface area contributed by atoms with Crippen LogP contribution in [-0.4, -0.2) is 11.0 Å². The Kier molecular flexibility index (Phi) is 1.62. The fraction of sp³-hybridized carbons (Fsp3) is 0.250. The molecule has 1 heterocycles. The Morgan fingerprint density at radius 1 is 1.40 bits per heavy atom. The van der Waals surface area contributed by atoms with Crippen molar-refractivity contribution in [1.29, 1.82) is 5.26 Å². The van der Waals surface area contributed by atoms with E-state index < -0.39 is 0 Å². The molecule has 1 aromatic heterocycles. The van der Waals surface area contributed by atoms with Gasteiger partial charge in [-0.25, -0.2) is 0 Å². The second kappa shape index (κ2) is 2.85. The van der Waals surface area contributed by atoms with E-state index in [1.807, 2.05) is 18.2 Å². The van der Waals surface area contributed by atoms with Gasteiger partial charge in [0.25, 0.3) is 0 Å². The molecule has 0 aliphatic heterocycles. The van der Waals surface area contributed by atoms with E-state index in [1.165, 1.54) is 11.3 Å².